The van der Waals surface area contributed by atoms with Crippen LogP contribution in [0.25, 0.3) is 0 Å². The first-order chi connectivity index (χ1) is 5.34. The monoisotopic (exact) mass is 167 g/mol. The normalized spacial score (nSPS) is 9.18. The predicted molar refractivity (Wildman–Crippen MR) is 45.8 cm³/mol. The first-order valence-electron chi connectivity index (χ1n) is 3.22. The van der Waals surface area contributed by atoms with Gasteiger partial charge in [-0.2, -0.15) is 0 Å². The maximum absolute atomic E-state index is 5.79. The van der Waals surface area contributed by atoms with Crippen molar-refractivity contribution in [3.05, 3.63) is 41.9 Å². The van der Waals surface area contributed by atoms with Crippen molar-refractivity contribution in [2.24, 2.45) is 0 Å². The summed E-state index contributed by atoms with van der Waals surface area (Å²) in [6.45, 7) is 3.78. The number of hydrogen-bond acceptors (Lipinski definition) is 1. The second kappa shape index (κ2) is 4.04. The molecule has 0 N–H and O–H groups in total. The van der Waals surface area contributed by atoms with Crippen LogP contribution < -0.4 is 4.74 Å². The van der Waals surface area contributed by atoms with Gasteiger partial charge >= 0.3 is 0 Å². The summed E-state index contributed by atoms with van der Waals surface area (Å²) in [4.78, 5) is 0. The highest BCUT2D eigenvalue weighted by Gasteiger charge is 1.96. The van der Waals surface area contributed by atoms with Crippen LogP contribution in [-0.2, 0) is 0 Å². The van der Waals surface area contributed by atoms with Gasteiger partial charge in [0.05, 0.1) is 5.02 Å². The molecular weight excluding hydrogens is 160 g/mol. The van der Waals surface area contributed by atoms with Crippen LogP contribution in [0.4, 0.5) is 0 Å². The summed E-state index contributed by atoms with van der Waals surface area (Å²) >= 11 is 5.79. The predicted octanol–water partition coefficient (Wildman–Crippen LogP) is 2.71. The lowest BCUT2D eigenvalue weighted by Crippen LogP contribution is -1.93. The molecule has 0 aliphatic rings. The quantitative estimate of drug-likeness (QED) is 0.673. The smallest absolute Gasteiger partial charge is 0.138 e. The Labute approximate surface area is 71.3 Å². The lowest BCUT2D eigenvalue weighted by Gasteiger charge is -2.03. The molecule has 57 valence electrons. The van der Waals surface area contributed by atoms with Gasteiger partial charge in [0.1, 0.15) is 12.4 Å². The van der Waals surface area contributed by atoms with E-state index < -0.39 is 0 Å². The van der Waals surface area contributed by atoms with E-state index in [1.54, 1.807) is 12.1 Å². The molecule has 0 aliphatic carbocycles. The Bertz CT molecular complexity index is 245. The van der Waals surface area contributed by atoms with Crippen molar-refractivity contribution in [3.63, 3.8) is 0 Å². The van der Waals surface area contributed by atoms with Crippen LogP contribution in [0.1, 0.15) is 0 Å². The summed E-state index contributed by atoms with van der Waals surface area (Å²) in [7, 11) is 0. The largest absolute Gasteiger partial charge is 0.487 e. The molecular formula is C9H8ClO. The molecule has 0 unspecified atom stereocenters. The maximum atomic E-state index is 5.79. The van der Waals surface area contributed by atoms with Crippen LogP contribution in [-0.4, -0.2) is 6.61 Å². The minimum absolute atomic E-state index is 0.365. The second-order valence-corrected chi connectivity index (χ2v) is 2.38. The van der Waals surface area contributed by atoms with Crippen molar-refractivity contribution >= 4 is 11.6 Å². The van der Waals surface area contributed by atoms with Crippen LogP contribution in [0.15, 0.2) is 30.8 Å². The summed E-state index contributed by atoms with van der Waals surface area (Å²) in [5.41, 5.74) is 0. The molecule has 0 bridgehead atoms. The fraction of sp³-hybridized carbons (Fsp3) is 0.111. The molecule has 0 saturated carbocycles. The molecule has 2 heteroatoms. The molecule has 1 rings (SSSR count). The van der Waals surface area contributed by atoms with Gasteiger partial charge in [0.25, 0.3) is 0 Å². The van der Waals surface area contributed by atoms with E-state index in [0.29, 0.717) is 17.4 Å². The third kappa shape index (κ3) is 2.28. The molecule has 1 aromatic carbocycles. The van der Waals surface area contributed by atoms with E-state index >= 15 is 0 Å². The molecule has 0 spiro atoms. The zero-order chi connectivity index (χ0) is 8.10. The van der Waals surface area contributed by atoms with Crippen LogP contribution in [0, 0.1) is 6.08 Å². The van der Waals surface area contributed by atoms with Crippen LogP contribution in [0.3, 0.4) is 0 Å². The Morgan fingerprint density at radius 1 is 1.45 bits per heavy atom. The fourth-order valence-corrected chi connectivity index (χ4v) is 0.881. The summed E-state index contributed by atoms with van der Waals surface area (Å²) in [5, 5.41) is 0.614. The van der Waals surface area contributed by atoms with Gasteiger partial charge in [-0.3, -0.25) is 0 Å². The van der Waals surface area contributed by atoms with E-state index in [1.165, 1.54) is 0 Å². The Kier molecular flexibility index (Phi) is 2.99. The van der Waals surface area contributed by atoms with Crippen LogP contribution in [0.2, 0.25) is 5.02 Å². The van der Waals surface area contributed by atoms with E-state index in [2.05, 4.69) is 12.7 Å². The highest BCUT2D eigenvalue weighted by molar-refractivity contribution is 6.32. The lowest BCUT2D eigenvalue weighted by molar-refractivity contribution is 0.358. The fourth-order valence-electron chi connectivity index (χ4n) is 0.691. The van der Waals surface area contributed by atoms with E-state index in [1.807, 2.05) is 12.1 Å². The Morgan fingerprint density at radius 2 is 2.18 bits per heavy atom. The van der Waals surface area contributed by atoms with E-state index in [9.17, 15) is 0 Å². The van der Waals surface area contributed by atoms with E-state index in [4.69, 9.17) is 16.3 Å². The highest BCUT2D eigenvalue weighted by Crippen LogP contribution is 2.22. The van der Waals surface area contributed by atoms with Crippen LogP contribution >= 0.6 is 11.6 Å². The van der Waals surface area contributed by atoms with Gasteiger partial charge in [-0.25, -0.2) is 0 Å². The van der Waals surface area contributed by atoms with Crippen molar-refractivity contribution < 1.29 is 4.74 Å². The van der Waals surface area contributed by atoms with Crippen molar-refractivity contribution in [2.45, 2.75) is 0 Å². The summed E-state index contributed by atoms with van der Waals surface area (Å²) < 4.78 is 5.18. The van der Waals surface area contributed by atoms with E-state index in [-0.39, 0.29) is 0 Å². The number of hydrogen-bond donors (Lipinski definition) is 0. The third-order valence-corrected chi connectivity index (χ3v) is 1.48. The second-order valence-electron chi connectivity index (χ2n) is 1.97. The molecule has 0 aromatic heterocycles. The molecule has 1 nitrogen and oxygen atoms in total. The zero-order valence-corrected chi connectivity index (χ0v) is 6.77. The molecule has 0 aliphatic heterocycles. The Morgan fingerprint density at radius 3 is 2.82 bits per heavy atom. The minimum atomic E-state index is 0.365. The number of para-hydroxylation sites is 1. The third-order valence-electron chi connectivity index (χ3n) is 1.17. The summed E-state index contributed by atoms with van der Waals surface area (Å²) in [6, 6.07) is 7.30. The highest BCUT2D eigenvalue weighted by atomic mass is 35.5. The molecule has 11 heavy (non-hydrogen) atoms. The molecule has 0 saturated heterocycles. The average Bonchev–Trinajstić information content (AvgIpc) is 2.03. The molecule has 0 amide bonds. The van der Waals surface area contributed by atoms with Gasteiger partial charge in [0, 0.05) is 0 Å². The molecule has 0 fully saturated rings. The van der Waals surface area contributed by atoms with E-state index in [0.717, 1.165) is 0 Å². The first kappa shape index (κ1) is 8.15. The van der Waals surface area contributed by atoms with Crippen molar-refractivity contribution in [3.8, 4) is 5.75 Å². The van der Waals surface area contributed by atoms with Gasteiger partial charge in [-0.05, 0) is 18.2 Å². The van der Waals surface area contributed by atoms with Crippen molar-refractivity contribution in [2.75, 3.05) is 6.61 Å². The molecule has 0 atom stereocenters. The summed E-state index contributed by atoms with van der Waals surface area (Å²) in [5.74, 6) is 0.672. The minimum Gasteiger partial charge on any atom is -0.487 e. The number of rotatable bonds is 3. The average molecular weight is 168 g/mol. The standard InChI is InChI=1S/C9H8ClO/c1-2-7-11-9-6-4-3-5-8(9)10/h3-6H,1,7H2. The lowest BCUT2D eigenvalue weighted by atomic mass is 10.3. The van der Waals surface area contributed by atoms with Gasteiger partial charge in [0.2, 0.25) is 0 Å². The van der Waals surface area contributed by atoms with Gasteiger partial charge < -0.3 is 4.74 Å². The van der Waals surface area contributed by atoms with Gasteiger partial charge in [-0.15, -0.1) is 0 Å². The molecule has 1 radical (unpaired) electrons. The van der Waals surface area contributed by atoms with Crippen molar-refractivity contribution in [1.82, 2.24) is 0 Å². The first-order valence-corrected chi connectivity index (χ1v) is 3.59. The number of benzene rings is 1. The summed E-state index contributed by atoms with van der Waals surface area (Å²) in [6.07, 6.45) is 2.61. The number of ether oxygens (including phenoxy) is 1. The van der Waals surface area contributed by atoms with Gasteiger partial charge in [-0.1, -0.05) is 30.3 Å². The molecule has 1 aromatic rings. The Balaban J connectivity index is 2.69. The maximum Gasteiger partial charge on any atom is 0.138 e. The zero-order valence-electron chi connectivity index (χ0n) is 6.01. The van der Waals surface area contributed by atoms with Crippen molar-refractivity contribution in [1.29, 1.82) is 0 Å². The Hall–Kier alpha value is -0.950. The SMILES string of the molecule is C=[C]COc1ccccc1Cl. The number of halogens is 1. The van der Waals surface area contributed by atoms with Gasteiger partial charge in [0.15, 0.2) is 0 Å². The van der Waals surface area contributed by atoms with Crippen LogP contribution in [0.5, 0.6) is 5.75 Å². The molecule has 0 heterocycles. The topological polar surface area (TPSA) is 9.23 Å².